The van der Waals surface area contributed by atoms with Crippen LogP contribution in [0.15, 0.2) is 40.9 Å². The highest BCUT2D eigenvalue weighted by molar-refractivity contribution is 5.92. The number of hydrogen-bond donors (Lipinski definition) is 1. The molecule has 0 saturated carbocycles. The third kappa shape index (κ3) is 4.67. The van der Waals surface area contributed by atoms with Gasteiger partial charge < -0.3 is 14.7 Å². The Morgan fingerprint density at radius 2 is 1.88 bits per heavy atom. The van der Waals surface area contributed by atoms with Gasteiger partial charge in [0.1, 0.15) is 5.76 Å². The monoisotopic (exact) mass is 342 g/mol. The fraction of sp³-hybridized carbons (Fsp3) is 0.389. The van der Waals surface area contributed by atoms with Crippen molar-refractivity contribution in [1.29, 1.82) is 0 Å². The van der Waals surface area contributed by atoms with Crippen molar-refractivity contribution in [2.45, 2.75) is 13.5 Å². The maximum absolute atomic E-state index is 12.3. The molecule has 1 N–H and O–H groups in total. The third-order valence-electron chi connectivity index (χ3n) is 4.21. The summed E-state index contributed by atoms with van der Waals surface area (Å²) >= 11 is 0. The molecule has 7 heteroatoms. The van der Waals surface area contributed by atoms with Gasteiger partial charge in [0.15, 0.2) is 5.69 Å². The number of carbonyl (C=O) groups excluding carboxylic acids is 2. The van der Waals surface area contributed by atoms with E-state index in [1.54, 1.807) is 17.9 Å². The fourth-order valence-electron chi connectivity index (χ4n) is 2.79. The van der Waals surface area contributed by atoms with Crippen molar-refractivity contribution in [2.24, 2.45) is 0 Å². The van der Waals surface area contributed by atoms with E-state index in [0.717, 1.165) is 5.56 Å². The molecule has 25 heavy (non-hydrogen) atoms. The number of amides is 2. The number of nitrogens with zero attached hydrogens (tertiary/aromatic N) is 3. The summed E-state index contributed by atoms with van der Waals surface area (Å²) in [6, 6.07) is 11.5. The van der Waals surface area contributed by atoms with Crippen LogP contribution in [0, 0.1) is 6.92 Å². The van der Waals surface area contributed by atoms with E-state index < -0.39 is 0 Å². The molecule has 0 atom stereocenters. The summed E-state index contributed by atoms with van der Waals surface area (Å²) in [5.41, 5.74) is 1.42. The first-order valence-electron chi connectivity index (χ1n) is 8.37. The molecule has 1 saturated heterocycles. The minimum Gasteiger partial charge on any atom is -0.361 e. The Balaban J connectivity index is 1.41. The van der Waals surface area contributed by atoms with Gasteiger partial charge in [-0.2, -0.15) is 0 Å². The standard InChI is InChI=1S/C18H22N4O3/c1-14-11-16(20-25-14)18(24)22-9-7-21(8-10-22)13-17(23)19-12-15-5-3-2-4-6-15/h2-6,11H,7-10,12-13H2,1H3,(H,19,23). The molecule has 0 bridgehead atoms. The highest BCUT2D eigenvalue weighted by atomic mass is 16.5. The lowest BCUT2D eigenvalue weighted by atomic mass is 10.2. The Morgan fingerprint density at radius 1 is 1.16 bits per heavy atom. The molecule has 1 aromatic carbocycles. The number of aryl methyl sites for hydroxylation is 1. The van der Waals surface area contributed by atoms with Gasteiger partial charge in [0.25, 0.3) is 5.91 Å². The topological polar surface area (TPSA) is 78.7 Å². The number of benzene rings is 1. The smallest absolute Gasteiger partial charge is 0.276 e. The van der Waals surface area contributed by atoms with Crippen LogP contribution < -0.4 is 5.32 Å². The number of piperazine rings is 1. The van der Waals surface area contributed by atoms with Gasteiger partial charge >= 0.3 is 0 Å². The molecule has 0 aliphatic carbocycles. The number of nitrogens with one attached hydrogen (secondary N) is 1. The minimum absolute atomic E-state index is 0.00393. The van der Waals surface area contributed by atoms with E-state index in [1.807, 2.05) is 30.3 Å². The predicted molar refractivity (Wildman–Crippen MR) is 91.9 cm³/mol. The van der Waals surface area contributed by atoms with Crippen LogP contribution in [0.25, 0.3) is 0 Å². The van der Waals surface area contributed by atoms with Gasteiger partial charge in [0.2, 0.25) is 5.91 Å². The number of aromatic nitrogens is 1. The van der Waals surface area contributed by atoms with Gasteiger partial charge in [0, 0.05) is 38.8 Å². The Kier molecular flexibility index (Phi) is 5.45. The van der Waals surface area contributed by atoms with Gasteiger partial charge in [-0.25, -0.2) is 0 Å². The highest BCUT2D eigenvalue weighted by Crippen LogP contribution is 2.09. The second kappa shape index (κ2) is 7.94. The molecule has 0 spiro atoms. The summed E-state index contributed by atoms with van der Waals surface area (Å²) < 4.78 is 4.95. The molecular formula is C18H22N4O3. The van der Waals surface area contributed by atoms with Gasteiger partial charge in [-0.05, 0) is 12.5 Å². The van der Waals surface area contributed by atoms with Gasteiger partial charge in [-0.15, -0.1) is 0 Å². The zero-order valence-electron chi connectivity index (χ0n) is 14.3. The average Bonchev–Trinajstić information content (AvgIpc) is 3.07. The molecule has 7 nitrogen and oxygen atoms in total. The fourth-order valence-corrected chi connectivity index (χ4v) is 2.79. The Morgan fingerprint density at radius 3 is 2.52 bits per heavy atom. The predicted octanol–water partition coefficient (Wildman–Crippen LogP) is 1.06. The largest absolute Gasteiger partial charge is 0.361 e. The first-order chi connectivity index (χ1) is 12.1. The zero-order valence-corrected chi connectivity index (χ0v) is 14.3. The van der Waals surface area contributed by atoms with E-state index in [2.05, 4.69) is 15.4 Å². The van der Waals surface area contributed by atoms with Crippen LogP contribution >= 0.6 is 0 Å². The lowest BCUT2D eigenvalue weighted by Crippen LogP contribution is -2.51. The quantitative estimate of drug-likeness (QED) is 0.879. The lowest BCUT2D eigenvalue weighted by molar-refractivity contribution is -0.122. The van der Waals surface area contributed by atoms with Gasteiger partial charge in [-0.3, -0.25) is 14.5 Å². The Bertz CT molecular complexity index is 721. The first-order valence-corrected chi connectivity index (χ1v) is 8.37. The van der Waals surface area contributed by atoms with E-state index in [1.165, 1.54) is 0 Å². The van der Waals surface area contributed by atoms with E-state index in [0.29, 0.717) is 50.7 Å². The van der Waals surface area contributed by atoms with Crippen molar-refractivity contribution in [2.75, 3.05) is 32.7 Å². The van der Waals surface area contributed by atoms with Crippen LogP contribution in [-0.4, -0.2) is 59.5 Å². The van der Waals surface area contributed by atoms with Crippen LogP contribution in [0.1, 0.15) is 21.8 Å². The van der Waals surface area contributed by atoms with Crippen molar-refractivity contribution in [3.8, 4) is 0 Å². The second-order valence-corrected chi connectivity index (χ2v) is 6.15. The average molecular weight is 342 g/mol. The molecule has 0 unspecified atom stereocenters. The van der Waals surface area contributed by atoms with E-state index in [-0.39, 0.29) is 11.8 Å². The lowest BCUT2D eigenvalue weighted by Gasteiger charge is -2.33. The summed E-state index contributed by atoms with van der Waals surface area (Å²) in [5, 5.41) is 6.69. The van der Waals surface area contributed by atoms with Crippen LogP contribution in [0.3, 0.4) is 0 Å². The van der Waals surface area contributed by atoms with Crippen LogP contribution in [0.4, 0.5) is 0 Å². The first kappa shape index (κ1) is 17.2. The SMILES string of the molecule is Cc1cc(C(=O)N2CCN(CC(=O)NCc3ccccc3)CC2)no1. The number of carbonyl (C=O) groups is 2. The van der Waals surface area contributed by atoms with Crippen LogP contribution in [0.2, 0.25) is 0 Å². The summed E-state index contributed by atoms with van der Waals surface area (Å²) in [6.07, 6.45) is 0. The molecule has 1 aliphatic heterocycles. The molecule has 1 aromatic heterocycles. The molecule has 2 amide bonds. The summed E-state index contributed by atoms with van der Waals surface area (Å²) in [6.45, 7) is 5.13. The molecule has 132 valence electrons. The number of hydrogen-bond acceptors (Lipinski definition) is 5. The van der Waals surface area contributed by atoms with E-state index in [4.69, 9.17) is 4.52 Å². The second-order valence-electron chi connectivity index (χ2n) is 6.15. The molecule has 1 aliphatic rings. The van der Waals surface area contributed by atoms with Crippen LogP contribution in [-0.2, 0) is 11.3 Å². The Labute approximate surface area is 146 Å². The van der Waals surface area contributed by atoms with Crippen molar-refractivity contribution in [3.63, 3.8) is 0 Å². The zero-order chi connectivity index (χ0) is 17.6. The minimum atomic E-state index is -0.120. The summed E-state index contributed by atoms with van der Waals surface area (Å²) in [7, 11) is 0. The Hall–Kier alpha value is -2.67. The van der Waals surface area contributed by atoms with Crippen LogP contribution in [0.5, 0.6) is 0 Å². The normalized spacial score (nSPS) is 15.2. The maximum atomic E-state index is 12.3. The molecule has 3 rings (SSSR count). The van der Waals surface area contributed by atoms with Gasteiger partial charge in [0.05, 0.1) is 6.54 Å². The van der Waals surface area contributed by atoms with E-state index in [9.17, 15) is 9.59 Å². The van der Waals surface area contributed by atoms with Crippen molar-refractivity contribution < 1.29 is 14.1 Å². The third-order valence-corrected chi connectivity index (χ3v) is 4.21. The van der Waals surface area contributed by atoms with Crippen molar-refractivity contribution >= 4 is 11.8 Å². The molecular weight excluding hydrogens is 320 g/mol. The highest BCUT2D eigenvalue weighted by Gasteiger charge is 2.25. The van der Waals surface area contributed by atoms with Gasteiger partial charge in [-0.1, -0.05) is 35.5 Å². The molecule has 2 heterocycles. The maximum Gasteiger partial charge on any atom is 0.276 e. The summed E-state index contributed by atoms with van der Waals surface area (Å²) in [5.74, 6) is 0.498. The molecule has 2 aromatic rings. The van der Waals surface area contributed by atoms with Crippen molar-refractivity contribution in [3.05, 3.63) is 53.4 Å². The number of rotatable bonds is 5. The van der Waals surface area contributed by atoms with E-state index >= 15 is 0 Å². The van der Waals surface area contributed by atoms with Crippen molar-refractivity contribution in [1.82, 2.24) is 20.3 Å². The molecule has 0 radical (unpaired) electrons. The summed E-state index contributed by atoms with van der Waals surface area (Å²) in [4.78, 5) is 28.2. The molecule has 1 fully saturated rings.